The molecule has 1 rings (SSSR count). The van der Waals surface area contributed by atoms with E-state index in [1.807, 2.05) is 6.07 Å². The fourth-order valence-electron chi connectivity index (χ4n) is 2.24. The van der Waals surface area contributed by atoms with Crippen LogP contribution in [0.4, 0.5) is 5.69 Å². The Hall–Kier alpha value is -2.95. The summed E-state index contributed by atoms with van der Waals surface area (Å²) in [6, 6.07) is 7.63. The van der Waals surface area contributed by atoms with E-state index < -0.39 is 34.3 Å². The van der Waals surface area contributed by atoms with Crippen molar-refractivity contribution in [3.8, 4) is 6.07 Å². The molecule has 2 unspecified atom stereocenters. The predicted molar refractivity (Wildman–Crippen MR) is 87.4 cm³/mol. The molecular formula is C17H20N2O6. The number of hydrogen-bond acceptors (Lipinski definition) is 7. The molecule has 1 aromatic rings. The zero-order chi connectivity index (χ0) is 19.2. The van der Waals surface area contributed by atoms with E-state index in [4.69, 9.17) is 4.74 Å². The summed E-state index contributed by atoms with van der Waals surface area (Å²) in [5.74, 6) is -4.09. The average molecular weight is 348 g/mol. The number of nitrogens with zero attached hydrogens (tertiary/aromatic N) is 2. The monoisotopic (exact) mass is 348 g/mol. The number of para-hydroxylation sites is 1. The molecule has 2 atom stereocenters. The number of carbonyl (C=O) groups is 2. The van der Waals surface area contributed by atoms with Crippen LogP contribution in [0, 0.1) is 27.4 Å². The van der Waals surface area contributed by atoms with Crippen molar-refractivity contribution >= 4 is 17.6 Å². The number of nitriles is 1. The number of methoxy groups -OCH3 is 1. The van der Waals surface area contributed by atoms with Crippen molar-refractivity contribution in [2.45, 2.75) is 38.7 Å². The minimum absolute atomic E-state index is 0.132. The highest BCUT2D eigenvalue weighted by Crippen LogP contribution is 2.32. The SMILES string of the molecule is COC(=O)C(CC(C#N)c1ccccc1[N+](=O)[O-])C(=O)OC(C)(C)C. The van der Waals surface area contributed by atoms with Crippen LogP contribution in [0.25, 0.3) is 0 Å². The molecule has 0 amide bonds. The fraction of sp³-hybridized carbons (Fsp3) is 0.471. The van der Waals surface area contributed by atoms with Gasteiger partial charge in [0.05, 0.1) is 24.0 Å². The van der Waals surface area contributed by atoms with Crippen LogP contribution >= 0.6 is 0 Å². The average Bonchev–Trinajstić information content (AvgIpc) is 2.53. The molecule has 0 N–H and O–H groups in total. The molecule has 0 aliphatic carbocycles. The first-order valence-electron chi connectivity index (χ1n) is 7.54. The summed E-state index contributed by atoms with van der Waals surface area (Å²) in [5, 5.41) is 20.6. The van der Waals surface area contributed by atoms with Gasteiger partial charge in [-0.15, -0.1) is 0 Å². The molecule has 0 aliphatic rings. The first-order valence-corrected chi connectivity index (χ1v) is 7.54. The standard InChI is InChI=1S/C17H20N2O6/c1-17(2,3)25-16(21)13(15(20)24-4)9-11(10-18)12-7-5-6-8-14(12)19(22)23/h5-8,11,13H,9H2,1-4H3. The van der Waals surface area contributed by atoms with Crippen LogP contribution in [0.3, 0.4) is 0 Å². The minimum Gasteiger partial charge on any atom is -0.468 e. The van der Waals surface area contributed by atoms with Crippen molar-refractivity contribution in [1.82, 2.24) is 0 Å². The molecule has 0 bridgehead atoms. The van der Waals surface area contributed by atoms with Gasteiger partial charge in [-0.25, -0.2) is 0 Å². The van der Waals surface area contributed by atoms with Gasteiger partial charge in [-0.05, 0) is 27.2 Å². The zero-order valence-corrected chi connectivity index (χ0v) is 14.5. The van der Waals surface area contributed by atoms with Gasteiger partial charge in [0.25, 0.3) is 5.69 Å². The molecule has 1 aromatic carbocycles. The molecule has 0 heterocycles. The molecule has 0 radical (unpaired) electrons. The van der Waals surface area contributed by atoms with Crippen LogP contribution < -0.4 is 0 Å². The van der Waals surface area contributed by atoms with Crippen molar-refractivity contribution in [3.05, 3.63) is 39.9 Å². The van der Waals surface area contributed by atoms with Gasteiger partial charge in [0.2, 0.25) is 0 Å². The van der Waals surface area contributed by atoms with E-state index >= 15 is 0 Å². The number of esters is 2. The van der Waals surface area contributed by atoms with E-state index in [-0.39, 0.29) is 17.7 Å². The lowest BCUT2D eigenvalue weighted by atomic mass is 9.88. The van der Waals surface area contributed by atoms with Crippen LogP contribution in [0.2, 0.25) is 0 Å². The van der Waals surface area contributed by atoms with Crippen molar-refractivity contribution in [3.63, 3.8) is 0 Å². The minimum atomic E-state index is -1.35. The summed E-state index contributed by atoms with van der Waals surface area (Å²) in [7, 11) is 1.12. The van der Waals surface area contributed by atoms with E-state index in [0.29, 0.717) is 0 Å². The Bertz CT molecular complexity index is 702. The summed E-state index contributed by atoms with van der Waals surface area (Å²) in [5.41, 5.74) is -0.946. The number of ether oxygens (including phenoxy) is 2. The number of carbonyl (C=O) groups excluding carboxylic acids is 2. The summed E-state index contributed by atoms with van der Waals surface area (Å²) in [6.07, 6.45) is -0.275. The Kier molecular flexibility index (Phi) is 6.62. The highest BCUT2D eigenvalue weighted by atomic mass is 16.6. The van der Waals surface area contributed by atoms with E-state index in [0.717, 1.165) is 7.11 Å². The van der Waals surface area contributed by atoms with Gasteiger partial charge < -0.3 is 9.47 Å². The van der Waals surface area contributed by atoms with Crippen LogP contribution in [0.15, 0.2) is 24.3 Å². The molecule has 8 nitrogen and oxygen atoms in total. The van der Waals surface area contributed by atoms with Gasteiger partial charge in [0, 0.05) is 11.6 Å². The maximum Gasteiger partial charge on any atom is 0.320 e. The zero-order valence-electron chi connectivity index (χ0n) is 14.5. The second kappa shape index (κ2) is 8.24. The number of nitro benzene ring substituents is 1. The summed E-state index contributed by atoms with van der Waals surface area (Å²) in [6.45, 7) is 4.93. The molecule has 0 aromatic heterocycles. The summed E-state index contributed by atoms with van der Waals surface area (Å²) in [4.78, 5) is 34.8. The molecule has 0 saturated heterocycles. The molecule has 134 valence electrons. The number of hydrogen-bond donors (Lipinski definition) is 0. The van der Waals surface area contributed by atoms with Crippen LogP contribution in [-0.2, 0) is 19.1 Å². The van der Waals surface area contributed by atoms with Gasteiger partial charge in [-0.1, -0.05) is 18.2 Å². The van der Waals surface area contributed by atoms with E-state index in [9.17, 15) is 25.0 Å². The number of rotatable bonds is 6. The normalized spacial score (nSPS) is 13.2. The van der Waals surface area contributed by atoms with Crippen LogP contribution in [0.5, 0.6) is 0 Å². The third-order valence-electron chi connectivity index (χ3n) is 3.31. The Morgan fingerprint density at radius 1 is 1.28 bits per heavy atom. The Balaban J connectivity index is 3.18. The Labute approximate surface area is 145 Å². The fourth-order valence-corrected chi connectivity index (χ4v) is 2.24. The highest BCUT2D eigenvalue weighted by molar-refractivity contribution is 5.95. The Morgan fingerprint density at radius 2 is 1.88 bits per heavy atom. The quantitative estimate of drug-likeness (QED) is 0.335. The van der Waals surface area contributed by atoms with Gasteiger partial charge in [0.15, 0.2) is 5.92 Å². The predicted octanol–water partition coefficient (Wildman–Crippen LogP) is 2.72. The van der Waals surface area contributed by atoms with Crippen molar-refractivity contribution in [2.24, 2.45) is 5.92 Å². The van der Waals surface area contributed by atoms with Crippen molar-refractivity contribution in [1.29, 1.82) is 5.26 Å². The topological polar surface area (TPSA) is 120 Å². The molecular weight excluding hydrogens is 328 g/mol. The van der Waals surface area contributed by atoms with E-state index in [1.54, 1.807) is 26.8 Å². The van der Waals surface area contributed by atoms with Crippen molar-refractivity contribution < 1.29 is 24.0 Å². The highest BCUT2D eigenvalue weighted by Gasteiger charge is 2.36. The largest absolute Gasteiger partial charge is 0.468 e. The van der Waals surface area contributed by atoms with Crippen molar-refractivity contribution in [2.75, 3.05) is 7.11 Å². The first kappa shape index (κ1) is 20.1. The lowest BCUT2D eigenvalue weighted by Crippen LogP contribution is -2.34. The lowest BCUT2D eigenvalue weighted by molar-refractivity contribution is -0.385. The Morgan fingerprint density at radius 3 is 2.36 bits per heavy atom. The van der Waals surface area contributed by atoms with Gasteiger partial charge >= 0.3 is 11.9 Å². The number of nitro groups is 1. The molecule has 0 spiro atoms. The summed E-state index contributed by atoms with van der Waals surface area (Å²) >= 11 is 0. The van der Waals surface area contributed by atoms with Gasteiger partial charge in [0.1, 0.15) is 5.60 Å². The third kappa shape index (κ3) is 5.57. The van der Waals surface area contributed by atoms with Crippen LogP contribution in [0.1, 0.15) is 38.7 Å². The molecule has 0 saturated carbocycles. The summed E-state index contributed by atoms with van der Waals surface area (Å²) < 4.78 is 9.82. The lowest BCUT2D eigenvalue weighted by Gasteiger charge is -2.23. The van der Waals surface area contributed by atoms with E-state index in [1.165, 1.54) is 18.2 Å². The maximum absolute atomic E-state index is 12.3. The maximum atomic E-state index is 12.3. The van der Waals surface area contributed by atoms with E-state index in [2.05, 4.69) is 4.74 Å². The second-order valence-electron chi connectivity index (χ2n) is 6.34. The molecule has 0 fully saturated rings. The third-order valence-corrected chi connectivity index (χ3v) is 3.31. The number of benzene rings is 1. The second-order valence-corrected chi connectivity index (χ2v) is 6.34. The van der Waals surface area contributed by atoms with Gasteiger partial charge in [-0.3, -0.25) is 19.7 Å². The molecule has 0 aliphatic heterocycles. The molecule has 8 heteroatoms. The first-order chi connectivity index (χ1) is 11.6. The van der Waals surface area contributed by atoms with Gasteiger partial charge in [-0.2, -0.15) is 5.26 Å². The smallest absolute Gasteiger partial charge is 0.320 e. The van der Waals surface area contributed by atoms with Crippen LogP contribution in [-0.4, -0.2) is 29.6 Å². The molecule has 25 heavy (non-hydrogen) atoms.